The molecule has 28 heavy (non-hydrogen) atoms. The highest BCUT2D eigenvalue weighted by atomic mass is 16.3. The first-order valence-corrected chi connectivity index (χ1v) is 10.3. The molecule has 1 unspecified atom stereocenters. The number of aliphatic hydroxyl groups is 1. The molecule has 4 aliphatic carbocycles. The number of ketones is 3. The molecule has 4 rings (SSSR count). The number of hydrogen-bond acceptors (Lipinski definition) is 5. The van der Waals surface area contributed by atoms with Gasteiger partial charge in [0, 0.05) is 53.5 Å². The Morgan fingerprint density at radius 3 is 2.54 bits per heavy atom. The number of allylic oxidation sites excluding steroid dienone is 3. The number of nitrogens with one attached hydrogen (secondary N) is 1. The average Bonchev–Trinajstić information content (AvgIpc) is 2.97. The molecule has 2 N–H and O–H groups in total. The van der Waals surface area contributed by atoms with Gasteiger partial charge in [0.15, 0.2) is 11.5 Å². The average molecular weight is 383 g/mol. The summed E-state index contributed by atoms with van der Waals surface area (Å²) in [6, 6.07) is 0. The normalized spacial score (nSPS) is 41.6. The van der Waals surface area contributed by atoms with Gasteiger partial charge in [-0.25, -0.2) is 0 Å². The van der Waals surface area contributed by atoms with E-state index < -0.39 is 10.8 Å². The Kier molecular flexibility index (Phi) is 4.40. The highest BCUT2D eigenvalue weighted by molar-refractivity contribution is 6.07. The molecule has 150 valence electrons. The van der Waals surface area contributed by atoms with Crippen LogP contribution >= 0.6 is 0 Å². The summed E-state index contributed by atoms with van der Waals surface area (Å²) in [5.74, 6) is -0.578. The molecule has 0 spiro atoms. The van der Waals surface area contributed by atoms with Crippen molar-refractivity contribution in [3.63, 3.8) is 0 Å². The number of carbonyl (C=O) groups excluding carboxylic acids is 3. The lowest BCUT2D eigenvalue weighted by molar-refractivity contribution is -0.142. The fourth-order valence-electron chi connectivity index (χ4n) is 6.52. The second-order valence-corrected chi connectivity index (χ2v) is 9.34. The van der Waals surface area contributed by atoms with E-state index in [-0.39, 0.29) is 40.9 Å². The summed E-state index contributed by atoms with van der Waals surface area (Å²) in [4.78, 5) is 38.5. The van der Waals surface area contributed by atoms with E-state index in [0.29, 0.717) is 37.0 Å². The second-order valence-electron chi connectivity index (χ2n) is 9.34. The molecular formula is C23H29NO4. The fraction of sp³-hybridized carbons (Fsp3) is 0.609. The van der Waals surface area contributed by atoms with Crippen LogP contribution in [0.3, 0.4) is 0 Å². The van der Waals surface area contributed by atoms with Crippen molar-refractivity contribution >= 4 is 17.3 Å². The third-order valence-electron chi connectivity index (χ3n) is 8.09. The third-order valence-corrected chi connectivity index (χ3v) is 8.09. The molecule has 0 bridgehead atoms. The maximum Gasteiger partial charge on any atom is 0.201 e. The molecule has 3 saturated carbocycles. The van der Waals surface area contributed by atoms with Crippen molar-refractivity contribution in [3.05, 3.63) is 35.8 Å². The van der Waals surface area contributed by atoms with Crippen LogP contribution in [0.5, 0.6) is 0 Å². The minimum atomic E-state index is -0.445. The van der Waals surface area contributed by atoms with Crippen LogP contribution in [0, 0.1) is 28.6 Å². The van der Waals surface area contributed by atoms with Crippen LogP contribution < -0.4 is 5.32 Å². The summed E-state index contributed by atoms with van der Waals surface area (Å²) < 4.78 is 0. The van der Waals surface area contributed by atoms with Crippen LogP contribution in [0.1, 0.15) is 52.4 Å². The van der Waals surface area contributed by atoms with E-state index in [2.05, 4.69) is 18.8 Å². The Balaban J connectivity index is 1.82. The number of hydrogen-bond donors (Lipinski definition) is 2. The molecule has 5 heteroatoms. The molecule has 0 heterocycles. The van der Waals surface area contributed by atoms with Crippen molar-refractivity contribution in [1.82, 2.24) is 5.32 Å². The monoisotopic (exact) mass is 383 g/mol. The Morgan fingerprint density at radius 2 is 1.82 bits per heavy atom. The summed E-state index contributed by atoms with van der Waals surface area (Å²) in [5.41, 5.74) is 0.0699. The van der Waals surface area contributed by atoms with Gasteiger partial charge in [-0.05, 0) is 37.5 Å². The molecule has 0 saturated heterocycles. The van der Waals surface area contributed by atoms with Crippen LogP contribution in [0.25, 0.3) is 0 Å². The molecule has 4 aliphatic rings. The smallest absolute Gasteiger partial charge is 0.201 e. The maximum atomic E-state index is 13.3. The highest BCUT2D eigenvalue weighted by Crippen LogP contribution is 2.64. The molecule has 3 fully saturated rings. The zero-order valence-corrected chi connectivity index (χ0v) is 16.7. The minimum Gasteiger partial charge on any atom is -0.504 e. The Morgan fingerprint density at radius 1 is 1.11 bits per heavy atom. The van der Waals surface area contributed by atoms with Crippen LogP contribution in [0.2, 0.25) is 0 Å². The van der Waals surface area contributed by atoms with E-state index >= 15 is 0 Å². The van der Waals surface area contributed by atoms with Crippen molar-refractivity contribution < 1.29 is 19.5 Å². The number of Topliss-reactive ketones (excluding diaryl/α,β-unsaturated/α-hetero) is 3. The van der Waals surface area contributed by atoms with Crippen molar-refractivity contribution in [2.75, 3.05) is 6.54 Å². The summed E-state index contributed by atoms with van der Waals surface area (Å²) in [6.45, 7) is 8.26. The SMILES string of the molecule is C=CCN/C=C1/C(=O)CC[C@@]2(C)C1=C(O)C(=O)C1[C@@H]2CC[C@]2(C)C(=O)CC[C@@H]12. The third kappa shape index (κ3) is 2.41. The first-order chi connectivity index (χ1) is 13.3. The molecule has 0 aromatic carbocycles. The molecule has 5 nitrogen and oxygen atoms in total. The summed E-state index contributed by atoms with van der Waals surface area (Å²) in [5, 5.41) is 14.0. The molecule has 5 atom stereocenters. The topological polar surface area (TPSA) is 83.5 Å². The second kappa shape index (κ2) is 6.43. The first-order valence-electron chi connectivity index (χ1n) is 10.3. The predicted octanol–water partition coefficient (Wildman–Crippen LogP) is 3.42. The lowest BCUT2D eigenvalue weighted by Crippen LogP contribution is -2.55. The standard InChI is InChI=1S/C23H29NO4/c1-4-11-24-12-13-16(25)8-10-23(3)15-7-9-22(2)14(5-6-17(22)26)18(15)20(27)21(28)19(13)23/h4,12,14-15,18,24,28H,1,5-11H2,2-3H3/b13-12-/t14-,15-,18?,22-,23+/m0/s1. The van der Waals surface area contributed by atoms with Gasteiger partial charge in [0.1, 0.15) is 5.78 Å². The van der Waals surface area contributed by atoms with Crippen LogP contribution in [-0.4, -0.2) is 29.0 Å². The maximum absolute atomic E-state index is 13.3. The van der Waals surface area contributed by atoms with E-state index in [1.807, 2.05) is 6.92 Å². The zero-order valence-electron chi connectivity index (χ0n) is 16.7. The van der Waals surface area contributed by atoms with Gasteiger partial charge >= 0.3 is 0 Å². The van der Waals surface area contributed by atoms with Crippen LogP contribution in [0.15, 0.2) is 35.8 Å². The lowest BCUT2D eigenvalue weighted by Gasteiger charge is -2.55. The van der Waals surface area contributed by atoms with Crippen molar-refractivity contribution in [2.45, 2.75) is 52.4 Å². The van der Waals surface area contributed by atoms with E-state index in [0.717, 1.165) is 19.3 Å². The number of carbonyl (C=O) groups is 3. The highest BCUT2D eigenvalue weighted by Gasteiger charge is 2.63. The molecule has 0 aromatic heterocycles. The van der Waals surface area contributed by atoms with Crippen LogP contribution in [0.4, 0.5) is 0 Å². The first kappa shape index (κ1) is 19.2. The number of aliphatic hydroxyl groups excluding tert-OH is 1. The summed E-state index contributed by atoms with van der Waals surface area (Å²) in [7, 11) is 0. The van der Waals surface area contributed by atoms with E-state index in [9.17, 15) is 19.5 Å². The number of rotatable bonds is 3. The fourth-order valence-corrected chi connectivity index (χ4v) is 6.52. The molecule has 0 aliphatic heterocycles. The van der Waals surface area contributed by atoms with Gasteiger partial charge in [-0.1, -0.05) is 19.9 Å². The molecule has 0 aromatic rings. The quantitative estimate of drug-likeness (QED) is 0.443. The zero-order chi connectivity index (χ0) is 20.3. The Bertz CT molecular complexity index is 838. The largest absolute Gasteiger partial charge is 0.504 e. The van der Waals surface area contributed by atoms with E-state index in [1.165, 1.54) is 0 Å². The Labute approximate surface area is 166 Å². The summed E-state index contributed by atoms with van der Waals surface area (Å²) >= 11 is 0. The van der Waals surface area contributed by atoms with E-state index in [4.69, 9.17) is 0 Å². The van der Waals surface area contributed by atoms with Crippen molar-refractivity contribution in [1.29, 1.82) is 0 Å². The minimum absolute atomic E-state index is 0.00396. The predicted molar refractivity (Wildman–Crippen MR) is 105 cm³/mol. The van der Waals surface area contributed by atoms with Gasteiger partial charge in [0.2, 0.25) is 5.78 Å². The van der Waals surface area contributed by atoms with Gasteiger partial charge in [0.25, 0.3) is 0 Å². The molecular weight excluding hydrogens is 354 g/mol. The summed E-state index contributed by atoms with van der Waals surface area (Å²) in [6.07, 6.45) is 7.19. The van der Waals surface area contributed by atoms with Crippen LogP contribution in [-0.2, 0) is 14.4 Å². The molecule has 0 radical (unpaired) electrons. The van der Waals surface area contributed by atoms with Gasteiger partial charge in [-0.2, -0.15) is 0 Å². The molecule has 0 amide bonds. The number of fused-ring (bicyclic) bond motifs is 5. The van der Waals surface area contributed by atoms with E-state index in [1.54, 1.807) is 12.3 Å². The van der Waals surface area contributed by atoms with Gasteiger partial charge in [0.05, 0.1) is 0 Å². The van der Waals surface area contributed by atoms with Crippen molar-refractivity contribution in [2.24, 2.45) is 28.6 Å². The Hall–Kier alpha value is -2.17. The lowest BCUT2D eigenvalue weighted by atomic mass is 9.47. The van der Waals surface area contributed by atoms with Gasteiger partial charge in [-0.3, -0.25) is 14.4 Å². The van der Waals surface area contributed by atoms with Crippen molar-refractivity contribution in [3.8, 4) is 0 Å². The van der Waals surface area contributed by atoms with Gasteiger partial charge in [-0.15, -0.1) is 6.58 Å². The van der Waals surface area contributed by atoms with Gasteiger partial charge < -0.3 is 10.4 Å².